The van der Waals surface area contributed by atoms with Crippen LogP contribution in [0.25, 0.3) is 0 Å². The second-order valence-corrected chi connectivity index (χ2v) is 5.16. The number of likely N-dealkylation sites (tertiary alicyclic amines) is 1. The third-order valence-corrected chi connectivity index (χ3v) is 3.97. The van der Waals surface area contributed by atoms with Gasteiger partial charge in [-0.05, 0) is 31.2 Å². The molecule has 0 spiro atoms. The fourth-order valence-electron chi connectivity index (χ4n) is 2.66. The van der Waals surface area contributed by atoms with E-state index in [0.717, 1.165) is 25.7 Å². The van der Waals surface area contributed by atoms with Gasteiger partial charge in [-0.3, -0.25) is 4.79 Å². The summed E-state index contributed by atoms with van der Waals surface area (Å²) < 4.78 is 14.1. The predicted octanol–water partition coefficient (Wildman–Crippen LogP) is 2.16. The Kier molecular flexibility index (Phi) is 4.89. The molecule has 3 N–H and O–H groups in total. The van der Waals surface area contributed by atoms with Crippen LogP contribution in [0.3, 0.4) is 0 Å². The highest BCUT2D eigenvalue weighted by Crippen LogP contribution is 2.22. The van der Waals surface area contributed by atoms with Crippen LogP contribution >= 0.6 is 0 Å². The molecule has 6 heteroatoms. The molecule has 2 rings (SSSR count). The monoisotopic (exact) mass is 280 g/mol. The van der Waals surface area contributed by atoms with E-state index in [9.17, 15) is 9.18 Å². The fraction of sp³-hybridized carbons (Fsp3) is 0.571. The summed E-state index contributed by atoms with van der Waals surface area (Å²) >= 11 is 0. The molecule has 1 atom stereocenters. The predicted molar refractivity (Wildman–Crippen MR) is 75.5 cm³/mol. The van der Waals surface area contributed by atoms with E-state index in [1.165, 1.54) is 12.3 Å². The Bertz CT molecular complexity index is 480. The van der Waals surface area contributed by atoms with Crippen molar-refractivity contribution in [1.82, 2.24) is 9.88 Å². The topological polar surface area (TPSA) is 71.2 Å². The number of carbonyl (C=O) groups excluding carboxylic acids is 1. The largest absolute Gasteiger partial charge is 0.339 e. The number of nitrogens with one attached hydrogen (secondary N) is 1. The molecular weight excluding hydrogens is 259 g/mol. The van der Waals surface area contributed by atoms with Gasteiger partial charge in [0.25, 0.3) is 5.91 Å². The average Bonchev–Trinajstić information content (AvgIpc) is 2.72. The van der Waals surface area contributed by atoms with Crippen molar-refractivity contribution in [3.63, 3.8) is 0 Å². The van der Waals surface area contributed by atoms with Crippen LogP contribution in [0.4, 0.5) is 10.2 Å². The van der Waals surface area contributed by atoms with Crippen LogP contribution in [0.2, 0.25) is 0 Å². The zero-order valence-corrected chi connectivity index (χ0v) is 11.7. The second kappa shape index (κ2) is 6.65. The summed E-state index contributed by atoms with van der Waals surface area (Å²) in [4.78, 5) is 17.9. The number of rotatable bonds is 3. The summed E-state index contributed by atoms with van der Waals surface area (Å²) in [6.45, 7) is 3.54. The Morgan fingerprint density at radius 3 is 3.05 bits per heavy atom. The minimum atomic E-state index is -0.684. The van der Waals surface area contributed by atoms with Crippen molar-refractivity contribution < 1.29 is 9.18 Å². The van der Waals surface area contributed by atoms with E-state index in [1.807, 2.05) is 0 Å². The number of halogens is 1. The highest BCUT2D eigenvalue weighted by Gasteiger charge is 2.24. The summed E-state index contributed by atoms with van der Waals surface area (Å²) in [6.07, 6.45) is 5.61. The molecular formula is C14H21FN4O. The van der Waals surface area contributed by atoms with Gasteiger partial charge in [-0.1, -0.05) is 13.3 Å². The third-order valence-electron chi connectivity index (χ3n) is 3.97. The van der Waals surface area contributed by atoms with Gasteiger partial charge in [-0.2, -0.15) is 0 Å². The second-order valence-electron chi connectivity index (χ2n) is 5.16. The number of hydrazine groups is 1. The highest BCUT2D eigenvalue weighted by molar-refractivity contribution is 5.95. The summed E-state index contributed by atoms with van der Waals surface area (Å²) in [7, 11) is 0. The first-order valence-electron chi connectivity index (χ1n) is 7.07. The zero-order chi connectivity index (χ0) is 14.5. The lowest BCUT2D eigenvalue weighted by Crippen LogP contribution is -2.33. The quantitative estimate of drug-likeness (QED) is 0.657. The Hall–Kier alpha value is -1.69. The molecule has 0 aliphatic carbocycles. The molecule has 110 valence electrons. The maximum atomic E-state index is 14.1. The fourth-order valence-corrected chi connectivity index (χ4v) is 2.66. The van der Waals surface area contributed by atoms with Crippen LogP contribution in [0.5, 0.6) is 0 Å². The number of carbonyl (C=O) groups is 1. The van der Waals surface area contributed by atoms with Gasteiger partial charge in [0.2, 0.25) is 0 Å². The standard InChI is InChI=1S/C14H21FN4O/c1-2-10-4-3-8-19(9-6-10)14(20)11-5-7-17-13(18-16)12(11)15/h5,7,10H,2-4,6,8-9,16H2,1H3,(H,17,18). The molecule has 0 saturated carbocycles. The summed E-state index contributed by atoms with van der Waals surface area (Å²) in [5, 5.41) is 0. The van der Waals surface area contributed by atoms with E-state index >= 15 is 0 Å². The first-order chi connectivity index (χ1) is 9.67. The van der Waals surface area contributed by atoms with E-state index in [-0.39, 0.29) is 17.3 Å². The van der Waals surface area contributed by atoms with Crippen molar-refractivity contribution in [1.29, 1.82) is 0 Å². The van der Waals surface area contributed by atoms with Crippen LogP contribution in [-0.4, -0.2) is 28.9 Å². The van der Waals surface area contributed by atoms with Crippen LogP contribution < -0.4 is 11.3 Å². The molecule has 1 aliphatic rings. The Morgan fingerprint density at radius 1 is 1.55 bits per heavy atom. The number of hydrogen-bond acceptors (Lipinski definition) is 4. The van der Waals surface area contributed by atoms with Gasteiger partial charge in [0.15, 0.2) is 11.6 Å². The van der Waals surface area contributed by atoms with Gasteiger partial charge in [0.05, 0.1) is 5.56 Å². The van der Waals surface area contributed by atoms with E-state index in [0.29, 0.717) is 19.0 Å². The molecule has 1 fully saturated rings. The van der Waals surface area contributed by atoms with Crippen LogP contribution in [0.15, 0.2) is 12.3 Å². The van der Waals surface area contributed by atoms with Gasteiger partial charge in [0, 0.05) is 19.3 Å². The Morgan fingerprint density at radius 2 is 2.35 bits per heavy atom. The highest BCUT2D eigenvalue weighted by atomic mass is 19.1. The number of hydrogen-bond donors (Lipinski definition) is 2. The molecule has 1 amide bonds. The molecule has 1 aliphatic heterocycles. The molecule has 0 radical (unpaired) electrons. The molecule has 5 nitrogen and oxygen atoms in total. The van der Waals surface area contributed by atoms with Crippen LogP contribution in [0, 0.1) is 11.7 Å². The summed E-state index contributed by atoms with van der Waals surface area (Å²) in [5.41, 5.74) is 2.20. The minimum absolute atomic E-state index is 0.0305. The van der Waals surface area contributed by atoms with Crippen molar-refractivity contribution in [2.75, 3.05) is 18.5 Å². The molecule has 0 bridgehead atoms. The van der Waals surface area contributed by atoms with Crippen molar-refractivity contribution in [3.05, 3.63) is 23.6 Å². The molecule has 20 heavy (non-hydrogen) atoms. The van der Waals surface area contributed by atoms with Gasteiger partial charge < -0.3 is 10.3 Å². The number of anilines is 1. The lowest BCUT2D eigenvalue weighted by atomic mass is 9.98. The molecule has 1 aromatic rings. The maximum absolute atomic E-state index is 14.1. The van der Waals surface area contributed by atoms with Crippen molar-refractivity contribution >= 4 is 11.7 Å². The van der Waals surface area contributed by atoms with Gasteiger partial charge in [-0.15, -0.1) is 0 Å². The molecule has 1 saturated heterocycles. The van der Waals surface area contributed by atoms with Crippen LogP contribution in [-0.2, 0) is 0 Å². The summed E-state index contributed by atoms with van der Waals surface area (Å²) in [5.74, 6) is 4.78. The average molecular weight is 280 g/mol. The maximum Gasteiger partial charge on any atom is 0.257 e. The number of nitrogens with two attached hydrogens (primary N) is 1. The van der Waals surface area contributed by atoms with Gasteiger partial charge >= 0.3 is 0 Å². The molecule has 1 aromatic heterocycles. The lowest BCUT2D eigenvalue weighted by molar-refractivity contribution is 0.0755. The third kappa shape index (κ3) is 3.07. The molecule has 1 unspecified atom stereocenters. The number of pyridine rings is 1. The number of aromatic nitrogens is 1. The van der Waals surface area contributed by atoms with E-state index in [1.54, 1.807) is 4.90 Å². The van der Waals surface area contributed by atoms with Gasteiger partial charge in [0.1, 0.15) is 0 Å². The first-order valence-corrected chi connectivity index (χ1v) is 7.07. The van der Waals surface area contributed by atoms with E-state index < -0.39 is 5.82 Å². The normalized spacial score (nSPS) is 19.6. The number of nitrogen functional groups attached to an aromatic ring is 1. The number of nitrogens with zero attached hydrogens (tertiary/aromatic N) is 2. The smallest absolute Gasteiger partial charge is 0.257 e. The van der Waals surface area contributed by atoms with Gasteiger partial charge in [-0.25, -0.2) is 15.2 Å². The van der Waals surface area contributed by atoms with E-state index in [2.05, 4.69) is 17.3 Å². The van der Waals surface area contributed by atoms with Crippen molar-refractivity contribution in [2.45, 2.75) is 32.6 Å². The zero-order valence-electron chi connectivity index (χ0n) is 11.7. The Labute approximate surface area is 118 Å². The lowest BCUT2D eigenvalue weighted by Gasteiger charge is -2.21. The number of amides is 1. The Balaban J connectivity index is 2.15. The van der Waals surface area contributed by atoms with E-state index in [4.69, 9.17) is 5.84 Å². The molecule has 2 heterocycles. The SMILES string of the molecule is CCC1CCCN(C(=O)c2ccnc(NN)c2F)CC1. The van der Waals surface area contributed by atoms with Crippen LogP contribution in [0.1, 0.15) is 43.0 Å². The first kappa shape index (κ1) is 14.7. The summed E-state index contributed by atoms with van der Waals surface area (Å²) in [6, 6.07) is 1.40. The minimum Gasteiger partial charge on any atom is -0.339 e. The van der Waals surface area contributed by atoms with Crippen molar-refractivity contribution in [3.8, 4) is 0 Å². The molecule has 0 aromatic carbocycles. The van der Waals surface area contributed by atoms with Crippen molar-refractivity contribution in [2.24, 2.45) is 11.8 Å².